The maximum Gasteiger partial charge on any atom is 0.245 e. The van der Waals surface area contributed by atoms with Crippen LogP contribution in [-0.2, 0) is 0 Å². The number of hydrogen-bond donors (Lipinski definition) is 1. The van der Waals surface area contributed by atoms with Crippen molar-refractivity contribution in [2.75, 3.05) is 6.54 Å². The highest BCUT2D eigenvalue weighted by atomic mass is 19.3. The van der Waals surface area contributed by atoms with Crippen molar-refractivity contribution in [1.29, 1.82) is 0 Å². The van der Waals surface area contributed by atoms with Crippen molar-refractivity contribution < 1.29 is 8.78 Å². The van der Waals surface area contributed by atoms with Gasteiger partial charge in [0.25, 0.3) is 0 Å². The Labute approximate surface area is 72.3 Å². The molecule has 1 saturated carbocycles. The van der Waals surface area contributed by atoms with E-state index >= 15 is 0 Å². The average Bonchev–Trinajstić information content (AvgIpc) is 1.96. The lowest BCUT2D eigenvalue weighted by molar-refractivity contribution is -0.0116. The van der Waals surface area contributed by atoms with Gasteiger partial charge in [0.15, 0.2) is 0 Å². The molecule has 1 unspecified atom stereocenters. The lowest BCUT2D eigenvalue weighted by atomic mass is 9.73. The normalized spacial score (nSPS) is 23.8. The predicted molar refractivity (Wildman–Crippen MR) is 45.1 cm³/mol. The van der Waals surface area contributed by atoms with Crippen LogP contribution in [0.25, 0.3) is 0 Å². The standard InChI is InChI=1S/C9H17F2N/c1-9(6-12,8(10)11)5-7-3-2-4-7/h7-8H,2-6,12H2,1H3. The van der Waals surface area contributed by atoms with Crippen molar-refractivity contribution >= 4 is 0 Å². The van der Waals surface area contributed by atoms with Gasteiger partial charge in [0.1, 0.15) is 0 Å². The van der Waals surface area contributed by atoms with Crippen LogP contribution in [0.1, 0.15) is 32.6 Å². The van der Waals surface area contributed by atoms with Crippen molar-refractivity contribution in [3.63, 3.8) is 0 Å². The van der Waals surface area contributed by atoms with E-state index in [0.717, 1.165) is 12.8 Å². The average molecular weight is 177 g/mol. The van der Waals surface area contributed by atoms with E-state index in [2.05, 4.69) is 0 Å². The largest absolute Gasteiger partial charge is 0.330 e. The Balaban J connectivity index is 2.41. The highest BCUT2D eigenvalue weighted by molar-refractivity contribution is 4.84. The zero-order valence-electron chi connectivity index (χ0n) is 7.52. The fourth-order valence-electron chi connectivity index (χ4n) is 1.62. The molecule has 0 bridgehead atoms. The molecule has 1 atom stereocenters. The minimum Gasteiger partial charge on any atom is -0.330 e. The van der Waals surface area contributed by atoms with Gasteiger partial charge in [-0.3, -0.25) is 0 Å². The Bertz CT molecular complexity index is 145. The van der Waals surface area contributed by atoms with E-state index in [1.165, 1.54) is 6.42 Å². The smallest absolute Gasteiger partial charge is 0.245 e. The van der Waals surface area contributed by atoms with E-state index in [1.54, 1.807) is 6.92 Å². The molecule has 0 aromatic rings. The van der Waals surface area contributed by atoms with Crippen molar-refractivity contribution in [3.8, 4) is 0 Å². The molecule has 2 N–H and O–H groups in total. The summed E-state index contributed by atoms with van der Waals surface area (Å²) in [6.07, 6.45) is 1.75. The molecule has 1 nitrogen and oxygen atoms in total. The zero-order chi connectivity index (χ0) is 9.19. The van der Waals surface area contributed by atoms with Crippen LogP contribution in [0.15, 0.2) is 0 Å². The molecule has 1 fully saturated rings. The third-order valence-corrected chi connectivity index (χ3v) is 2.97. The molecule has 12 heavy (non-hydrogen) atoms. The number of nitrogens with two attached hydrogens (primary N) is 1. The first kappa shape index (κ1) is 9.90. The molecule has 3 heteroatoms. The van der Waals surface area contributed by atoms with Crippen LogP contribution in [0, 0.1) is 11.3 Å². The van der Waals surface area contributed by atoms with E-state index < -0.39 is 11.8 Å². The number of alkyl halides is 2. The van der Waals surface area contributed by atoms with Gasteiger partial charge in [-0.05, 0) is 12.3 Å². The molecule has 1 rings (SSSR count). The number of rotatable bonds is 4. The van der Waals surface area contributed by atoms with Crippen LogP contribution in [0.3, 0.4) is 0 Å². The summed E-state index contributed by atoms with van der Waals surface area (Å²) < 4.78 is 25.0. The van der Waals surface area contributed by atoms with Crippen LogP contribution in [0.4, 0.5) is 8.78 Å². The Morgan fingerprint density at radius 2 is 2.08 bits per heavy atom. The number of hydrogen-bond acceptors (Lipinski definition) is 1. The first-order valence-corrected chi connectivity index (χ1v) is 4.57. The summed E-state index contributed by atoms with van der Waals surface area (Å²) in [6, 6.07) is 0. The SMILES string of the molecule is CC(CN)(CC1CCC1)C(F)F. The molecule has 0 aliphatic heterocycles. The van der Waals surface area contributed by atoms with Crippen LogP contribution in [0.2, 0.25) is 0 Å². The van der Waals surface area contributed by atoms with Crippen LogP contribution in [-0.4, -0.2) is 13.0 Å². The van der Waals surface area contributed by atoms with E-state index in [9.17, 15) is 8.78 Å². The molecule has 0 aromatic heterocycles. The second-order valence-corrected chi connectivity index (χ2v) is 4.16. The second-order valence-electron chi connectivity index (χ2n) is 4.16. The molecule has 0 spiro atoms. The van der Waals surface area contributed by atoms with Crippen molar-refractivity contribution in [1.82, 2.24) is 0 Å². The van der Waals surface area contributed by atoms with Gasteiger partial charge in [-0.1, -0.05) is 26.2 Å². The van der Waals surface area contributed by atoms with Gasteiger partial charge in [0, 0.05) is 12.0 Å². The van der Waals surface area contributed by atoms with Gasteiger partial charge in [-0.25, -0.2) is 8.78 Å². The Morgan fingerprint density at radius 1 is 1.50 bits per heavy atom. The van der Waals surface area contributed by atoms with Crippen LogP contribution in [0.5, 0.6) is 0 Å². The van der Waals surface area contributed by atoms with Gasteiger partial charge >= 0.3 is 0 Å². The summed E-state index contributed by atoms with van der Waals surface area (Å²) in [5.41, 5.74) is 4.42. The van der Waals surface area contributed by atoms with E-state index in [4.69, 9.17) is 5.73 Å². The summed E-state index contributed by atoms with van der Waals surface area (Å²) in [6.45, 7) is 1.69. The lowest BCUT2D eigenvalue weighted by Gasteiger charge is -2.35. The first-order chi connectivity index (χ1) is 5.58. The molecule has 0 radical (unpaired) electrons. The maximum atomic E-state index is 12.5. The van der Waals surface area contributed by atoms with Gasteiger partial charge < -0.3 is 5.73 Å². The Kier molecular flexibility index (Phi) is 3.04. The summed E-state index contributed by atoms with van der Waals surface area (Å²) in [5, 5.41) is 0. The van der Waals surface area contributed by atoms with E-state index in [1.807, 2.05) is 0 Å². The third-order valence-electron chi connectivity index (χ3n) is 2.97. The minimum absolute atomic E-state index is 0.0984. The highest BCUT2D eigenvalue weighted by Gasteiger charge is 2.37. The van der Waals surface area contributed by atoms with E-state index in [0.29, 0.717) is 12.3 Å². The van der Waals surface area contributed by atoms with Gasteiger partial charge in [-0.15, -0.1) is 0 Å². The van der Waals surface area contributed by atoms with Gasteiger partial charge in [-0.2, -0.15) is 0 Å². The molecule has 0 heterocycles. The lowest BCUT2D eigenvalue weighted by Crippen LogP contribution is -2.37. The molecule has 1 aliphatic carbocycles. The summed E-state index contributed by atoms with van der Waals surface area (Å²) in [7, 11) is 0. The zero-order valence-corrected chi connectivity index (χ0v) is 7.52. The summed E-state index contributed by atoms with van der Waals surface area (Å²) >= 11 is 0. The molecular weight excluding hydrogens is 160 g/mol. The highest BCUT2D eigenvalue weighted by Crippen LogP contribution is 2.39. The number of halogens is 2. The molecule has 1 aliphatic rings. The third kappa shape index (κ3) is 1.94. The fourth-order valence-corrected chi connectivity index (χ4v) is 1.62. The van der Waals surface area contributed by atoms with Crippen molar-refractivity contribution in [2.24, 2.45) is 17.1 Å². The first-order valence-electron chi connectivity index (χ1n) is 4.57. The predicted octanol–water partition coefficient (Wildman–Crippen LogP) is 2.41. The quantitative estimate of drug-likeness (QED) is 0.701. The molecule has 72 valence electrons. The molecular formula is C9H17F2N. The molecule has 0 saturated heterocycles. The van der Waals surface area contributed by atoms with Gasteiger partial charge in [0.05, 0.1) is 0 Å². The van der Waals surface area contributed by atoms with Gasteiger partial charge in [0.2, 0.25) is 6.43 Å². The van der Waals surface area contributed by atoms with Crippen LogP contribution < -0.4 is 5.73 Å². The monoisotopic (exact) mass is 177 g/mol. The molecule has 0 amide bonds. The maximum absolute atomic E-state index is 12.5. The fraction of sp³-hybridized carbons (Fsp3) is 1.00. The Hall–Kier alpha value is -0.180. The second kappa shape index (κ2) is 3.69. The van der Waals surface area contributed by atoms with Crippen LogP contribution >= 0.6 is 0 Å². The molecule has 0 aromatic carbocycles. The summed E-state index contributed by atoms with van der Waals surface area (Å²) in [4.78, 5) is 0. The minimum atomic E-state index is -2.27. The summed E-state index contributed by atoms with van der Waals surface area (Å²) in [5.74, 6) is 0.507. The van der Waals surface area contributed by atoms with E-state index in [-0.39, 0.29) is 6.54 Å². The topological polar surface area (TPSA) is 26.0 Å². The van der Waals surface area contributed by atoms with Crippen molar-refractivity contribution in [3.05, 3.63) is 0 Å². The van der Waals surface area contributed by atoms with Crippen molar-refractivity contribution in [2.45, 2.75) is 39.0 Å². The Morgan fingerprint density at radius 3 is 2.33 bits per heavy atom.